The number of ether oxygens (including phenoxy) is 1. The third-order valence-electron chi connectivity index (χ3n) is 4.01. The molecule has 1 aromatic carbocycles. The molecule has 1 amide bonds. The van der Waals surface area contributed by atoms with E-state index in [0.717, 1.165) is 12.2 Å². The molecule has 0 unspecified atom stereocenters. The molecule has 0 aliphatic heterocycles. The van der Waals surface area contributed by atoms with Crippen LogP contribution in [0.1, 0.15) is 39.0 Å². The number of halogens is 1. The van der Waals surface area contributed by atoms with Crippen molar-refractivity contribution < 1.29 is 9.53 Å². The second-order valence-electron chi connectivity index (χ2n) is 5.71. The van der Waals surface area contributed by atoms with Gasteiger partial charge >= 0.3 is 0 Å². The summed E-state index contributed by atoms with van der Waals surface area (Å²) in [6.45, 7) is 3.46. The molecule has 2 N–H and O–H groups in total. The number of hydrogen-bond acceptors (Lipinski definition) is 3. The van der Waals surface area contributed by atoms with E-state index in [1.54, 1.807) is 6.07 Å². The molecule has 0 saturated heterocycles. The summed E-state index contributed by atoms with van der Waals surface area (Å²) in [7, 11) is 0. The van der Waals surface area contributed by atoms with Crippen molar-refractivity contribution in [3.8, 4) is 5.75 Å². The second kappa shape index (κ2) is 8.89. The lowest BCUT2D eigenvalue weighted by atomic mass is 9.89. The Balaban J connectivity index is 1.79. The molecule has 22 heavy (non-hydrogen) atoms. The van der Waals surface area contributed by atoms with Crippen LogP contribution in [-0.2, 0) is 4.79 Å². The zero-order valence-electron chi connectivity index (χ0n) is 13.2. The molecule has 0 radical (unpaired) electrons. The van der Waals surface area contributed by atoms with Gasteiger partial charge in [0.1, 0.15) is 0 Å². The van der Waals surface area contributed by atoms with E-state index < -0.39 is 0 Å². The first kappa shape index (κ1) is 16.9. The fraction of sp³-hybridized carbons (Fsp3) is 0.588. The van der Waals surface area contributed by atoms with Crippen molar-refractivity contribution in [3.05, 3.63) is 23.2 Å². The van der Waals surface area contributed by atoms with Crippen LogP contribution in [0.2, 0.25) is 5.02 Å². The lowest BCUT2D eigenvalue weighted by Gasteiger charge is -2.21. The van der Waals surface area contributed by atoms with Crippen LogP contribution >= 0.6 is 11.6 Å². The zero-order chi connectivity index (χ0) is 15.8. The number of hydrogen-bond donors (Lipinski definition) is 2. The van der Waals surface area contributed by atoms with E-state index in [4.69, 9.17) is 16.3 Å². The van der Waals surface area contributed by atoms with Gasteiger partial charge in [-0.3, -0.25) is 4.79 Å². The number of rotatable bonds is 7. The Bertz CT molecular complexity index is 488. The van der Waals surface area contributed by atoms with Crippen molar-refractivity contribution >= 4 is 23.2 Å². The van der Waals surface area contributed by atoms with E-state index in [2.05, 4.69) is 10.6 Å². The molecule has 0 bridgehead atoms. The van der Waals surface area contributed by atoms with Gasteiger partial charge in [-0.2, -0.15) is 0 Å². The number of para-hydroxylation sites is 1. The van der Waals surface area contributed by atoms with Crippen molar-refractivity contribution in [3.63, 3.8) is 0 Å². The topological polar surface area (TPSA) is 50.4 Å². The van der Waals surface area contributed by atoms with Gasteiger partial charge in [-0.05, 0) is 37.8 Å². The third-order valence-corrected chi connectivity index (χ3v) is 4.31. The first-order valence-electron chi connectivity index (χ1n) is 8.12. The average Bonchev–Trinajstić information content (AvgIpc) is 2.54. The molecule has 0 heterocycles. The van der Waals surface area contributed by atoms with Crippen LogP contribution in [0.4, 0.5) is 5.69 Å². The maximum absolute atomic E-state index is 12.0. The van der Waals surface area contributed by atoms with E-state index in [1.807, 2.05) is 19.1 Å². The third kappa shape index (κ3) is 5.09. The Morgan fingerprint density at radius 3 is 2.82 bits per heavy atom. The number of carbonyl (C=O) groups is 1. The molecule has 1 aromatic rings. The SMILES string of the molecule is CCOc1c(Cl)cccc1NCC(=O)NCC1CCCCC1. The van der Waals surface area contributed by atoms with E-state index >= 15 is 0 Å². The molecular weight excluding hydrogens is 300 g/mol. The molecule has 1 fully saturated rings. The van der Waals surface area contributed by atoms with Gasteiger partial charge < -0.3 is 15.4 Å². The first-order valence-corrected chi connectivity index (χ1v) is 8.50. The molecule has 0 spiro atoms. The van der Waals surface area contributed by atoms with Crippen molar-refractivity contribution in [1.82, 2.24) is 5.32 Å². The van der Waals surface area contributed by atoms with Crippen molar-refractivity contribution in [1.29, 1.82) is 0 Å². The predicted octanol–water partition coefficient (Wildman–Crippen LogP) is 3.85. The summed E-state index contributed by atoms with van der Waals surface area (Å²) in [5.41, 5.74) is 0.752. The van der Waals surface area contributed by atoms with E-state index in [9.17, 15) is 4.79 Å². The van der Waals surface area contributed by atoms with Crippen LogP contribution in [0, 0.1) is 5.92 Å². The minimum atomic E-state index is 0.00741. The molecule has 0 atom stereocenters. The number of anilines is 1. The second-order valence-corrected chi connectivity index (χ2v) is 6.12. The van der Waals surface area contributed by atoms with Crippen molar-refractivity contribution in [2.24, 2.45) is 5.92 Å². The first-order chi connectivity index (χ1) is 10.7. The number of carbonyl (C=O) groups excluding carboxylic acids is 1. The Hall–Kier alpha value is -1.42. The quantitative estimate of drug-likeness (QED) is 0.801. The highest BCUT2D eigenvalue weighted by atomic mass is 35.5. The van der Waals surface area contributed by atoms with Gasteiger partial charge in [0.05, 0.1) is 23.9 Å². The molecule has 1 aliphatic rings. The van der Waals surface area contributed by atoms with Crippen LogP contribution in [0.3, 0.4) is 0 Å². The standard InChI is InChI=1S/C17H25ClN2O2/c1-2-22-17-14(18)9-6-10-15(17)19-12-16(21)20-11-13-7-4-3-5-8-13/h6,9-10,13,19H,2-5,7-8,11-12H2,1H3,(H,20,21). The summed E-state index contributed by atoms with van der Waals surface area (Å²) < 4.78 is 5.53. The van der Waals surface area contributed by atoms with E-state index in [0.29, 0.717) is 23.3 Å². The van der Waals surface area contributed by atoms with E-state index in [-0.39, 0.29) is 12.5 Å². The minimum Gasteiger partial charge on any atom is -0.490 e. The Morgan fingerprint density at radius 2 is 2.09 bits per heavy atom. The fourth-order valence-electron chi connectivity index (χ4n) is 2.83. The van der Waals surface area contributed by atoms with Gasteiger partial charge in [-0.15, -0.1) is 0 Å². The zero-order valence-corrected chi connectivity index (χ0v) is 13.9. The van der Waals surface area contributed by atoms with Gasteiger partial charge in [0, 0.05) is 6.54 Å². The fourth-order valence-corrected chi connectivity index (χ4v) is 3.06. The smallest absolute Gasteiger partial charge is 0.239 e. The molecule has 1 saturated carbocycles. The molecule has 2 rings (SSSR count). The van der Waals surface area contributed by atoms with Gasteiger partial charge in [0.25, 0.3) is 0 Å². The average molecular weight is 325 g/mol. The Morgan fingerprint density at radius 1 is 1.32 bits per heavy atom. The Kier molecular flexibility index (Phi) is 6.84. The van der Waals surface area contributed by atoms with Crippen LogP contribution < -0.4 is 15.4 Å². The predicted molar refractivity (Wildman–Crippen MR) is 90.7 cm³/mol. The number of benzene rings is 1. The lowest BCUT2D eigenvalue weighted by molar-refractivity contribution is -0.119. The van der Waals surface area contributed by atoms with Crippen LogP contribution in [0.15, 0.2) is 18.2 Å². The van der Waals surface area contributed by atoms with Gasteiger partial charge in [-0.1, -0.05) is 36.9 Å². The van der Waals surface area contributed by atoms with Gasteiger partial charge in [-0.25, -0.2) is 0 Å². The molecule has 4 nitrogen and oxygen atoms in total. The van der Waals surface area contributed by atoms with Crippen molar-refractivity contribution in [2.45, 2.75) is 39.0 Å². The molecule has 1 aliphatic carbocycles. The molecule has 122 valence electrons. The van der Waals surface area contributed by atoms with Crippen LogP contribution in [-0.4, -0.2) is 25.6 Å². The highest BCUT2D eigenvalue weighted by molar-refractivity contribution is 6.32. The van der Waals surface area contributed by atoms with Crippen LogP contribution in [0.5, 0.6) is 5.75 Å². The Labute approximate surface area is 137 Å². The largest absolute Gasteiger partial charge is 0.490 e. The maximum atomic E-state index is 12.0. The summed E-state index contributed by atoms with van der Waals surface area (Å²) in [4.78, 5) is 12.0. The molecule has 5 heteroatoms. The summed E-state index contributed by atoms with van der Waals surface area (Å²) >= 11 is 6.12. The number of nitrogens with one attached hydrogen (secondary N) is 2. The minimum absolute atomic E-state index is 0.00741. The van der Waals surface area contributed by atoms with Gasteiger partial charge in [0.15, 0.2) is 5.75 Å². The number of amides is 1. The summed E-state index contributed by atoms with van der Waals surface area (Å²) in [5, 5.41) is 6.67. The van der Waals surface area contributed by atoms with Crippen LogP contribution in [0.25, 0.3) is 0 Å². The van der Waals surface area contributed by atoms with Crippen molar-refractivity contribution in [2.75, 3.05) is 25.0 Å². The lowest BCUT2D eigenvalue weighted by Crippen LogP contribution is -2.34. The summed E-state index contributed by atoms with van der Waals surface area (Å²) in [6, 6.07) is 5.49. The highest BCUT2D eigenvalue weighted by Crippen LogP contribution is 2.32. The van der Waals surface area contributed by atoms with E-state index in [1.165, 1.54) is 32.1 Å². The monoisotopic (exact) mass is 324 g/mol. The van der Waals surface area contributed by atoms with Gasteiger partial charge in [0.2, 0.25) is 5.91 Å². The summed E-state index contributed by atoms with van der Waals surface area (Å²) in [5.74, 6) is 1.25. The maximum Gasteiger partial charge on any atom is 0.239 e. The normalized spacial score (nSPS) is 15.4. The summed E-state index contributed by atoms with van der Waals surface area (Å²) in [6.07, 6.45) is 6.38. The molecule has 0 aromatic heterocycles. The molecular formula is C17H25ClN2O2. The highest BCUT2D eigenvalue weighted by Gasteiger charge is 2.14.